The van der Waals surface area contributed by atoms with Crippen LogP contribution < -0.4 is 5.32 Å². The van der Waals surface area contributed by atoms with E-state index in [1.165, 1.54) is 12.1 Å². The fraction of sp³-hybridized carbons (Fsp3) is 0.600. The van der Waals surface area contributed by atoms with Crippen molar-refractivity contribution in [1.29, 1.82) is 0 Å². The summed E-state index contributed by atoms with van der Waals surface area (Å²) in [5.41, 5.74) is 1.11. The summed E-state index contributed by atoms with van der Waals surface area (Å²) in [7, 11) is 3.67. The third-order valence-electron chi connectivity index (χ3n) is 3.30. The van der Waals surface area contributed by atoms with Crippen LogP contribution in [0.3, 0.4) is 0 Å². The van der Waals surface area contributed by atoms with E-state index in [1.807, 2.05) is 13.1 Å². The summed E-state index contributed by atoms with van der Waals surface area (Å²) in [6.45, 7) is 6.47. The second-order valence-electron chi connectivity index (χ2n) is 5.86. The topological polar surface area (TPSA) is 21.3 Å². The molecule has 0 aromatic heterocycles. The van der Waals surface area contributed by atoms with Gasteiger partial charge < -0.3 is 10.1 Å². The van der Waals surface area contributed by atoms with Crippen molar-refractivity contribution < 1.29 is 9.13 Å². The molecule has 0 heterocycles. The third kappa shape index (κ3) is 4.55. The standard InChI is InChI=1S/C15H23BrFNO/c1-15(2,3)14(19-5)13(18-4)8-10-6-7-11(17)9-12(10)16/h6-7,9,13-14,18H,8H2,1-5H3. The number of hydrogen-bond donors (Lipinski definition) is 1. The molecule has 2 nitrogen and oxygen atoms in total. The van der Waals surface area contributed by atoms with E-state index in [9.17, 15) is 4.39 Å². The fourth-order valence-corrected chi connectivity index (χ4v) is 2.92. The molecule has 0 radical (unpaired) electrons. The van der Waals surface area contributed by atoms with Gasteiger partial charge in [0, 0.05) is 17.6 Å². The number of ether oxygens (including phenoxy) is 1. The molecule has 4 heteroatoms. The number of hydrogen-bond acceptors (Lipinski definition) is 2. The van der Waals surface area contributed by atoms with Gasteiger partial charge in [-0.3, -0.25) is 0 Å². The molecule has 0 bridgehead atoms. The fourth-order valence-electron chi connectivity index (χ4n) is 2.41. The molecule has 0 aliphatic carbocycles. The van der Waals surface area contributed by atoms with Crippen LogP contribution in [-0.2, 0) is 11.2 Å². The number of halogens is 2. The van der Waals surface area contributed by atoms with Gasteiger partial charge in [-0.1, -0.05) is 42.8 Å². The van der Waals surface area contributed by atoms with E-state index in [-0.39, 0.29) is 23.4 Å². The van der Waals surface area contributed by atoms with Crippen LogP contribution in [0.1, 0.15) is 26.3 Å². The molecule has 2 unspecified atom stereocenters. The Hall–Kier alpha value is -0.450. The van der Waals surface area contributed by atoms with Gasteiger partial charge in [0.25, 0.3) is 0 Å². The number of benzene rings is 1. The summed E-state index contributed by atoms with van der Waals surface area (Å²) >= 11 is 3.42. The molecule has 0 spiro atoms. The lowest BCUT2D eigenvalue weighted by Crippen LogP contribution is -2.47. The van der Waals surface area contributed by atoms with Crippen molar-refractivity contribution >= 4 is 15.9 Å². The molecule has 2 atom stereocenters. The van der Waals surface area contributed by atoms with Crippen molar-refractivity contribution in [2.24, 2.45) is 5.41 Å². The molecular formula is C15H23BrFNO. The van der Waals surface area contributed by atoms with Crippen LogP contribution in [0.5, 0.6) is 0 Å². The van der Waals surface area contributed by atoms with Gasteiger partial charge in [0.2, 0.25) is 0 Å². The highest BCUT2D eigenvalue weighted by atomic mass is 79.9. The molecule has 0 saturated carbocycles. The van der Waals surface area contributed by atoms with Gasteiger partial charge in [-0.05, 0) is 36.6 Å². The maximum atomic E-state index is 13.1. The van der Waals surface area contributed by atoms with Gasteiger partial charge >= 0.3 is 0 Å². The second kappa shape index (κ2) is 6.82. The largest absolute Gasteiger partial charge is 0.379 e. The van der Waals surface area contributed by atoms with Gasteiger partial charge in [0.15, 0.2) is 0 Å². The Labute approximate surface area is 123 Å². The van der Waals surface area contributed by atoms with Crippen LogP contribution in [0.4, 0.5) is 4.39 Å². The molecule has 108 valence electrons. The van der Waals surface area contributed by atoms with Crippen LogP contribution in [0.2, 0.25) is 0 Å². The normalized spacial score (nSPS) is 15.3. The van der Waals surface area contributed by atoms with Gasteiger partial charge in [0.05, 0.1) is 6.10 Å². The maximum absolute atomic E-state index is 13.1. The van der Waals surface area contributed by atoms with Crippen molar-refractivity contribution in [2.45, 2.75) is 39.3 Å². The molecule has 0 aliphatic rings. The molecule has 0 fully saturated rings. The van der Waals surface area contributed by atoms with Gasteiger partial charge in [0.1, 0.15) is 5.82 Å². The van der Waals surface area contributed by atoms with E-state index < -0.39 is 0 Å². The van der Waals surface area contributed by atoms with E-state index in [1.54, 1.807) is 7.11 Å². The molecule has 1 N–H and O–H groups in total. The van der Waals surface area contributed by atoms with Crippen molar-refractivity contribution in [3.8, 4) is 0 Å². The lowest BCUT2D eigenvalue weighted by atomic mass is 9.82. The lowest BCUT2D eigenvalue weighted by molar-refractivity contribution is -0.00925. The van der Waals surface area contributed by atoms with Crippen LogP contribution in [-0.4, -0.2) is 26.3 Å². The van der Waals surface area contributed by atoms with E-state index in [0.717, 1.165) is 16.5 Å². The number of nitrogens with one attached hydrogen (secondary N) is 1. The second-order valence-corrected chi connectivity index (χ2v) is 6.71. The molecule has 0 aliphatic heterocycles. The van der Waals surface area contributed by atoms with Crippen molar-refractivity contribution in [2.75, 3.05) is 14.2 Å². The minimum Gasteiger partial charge on any atom is -0.379 e. The first-order chi connectivity index (χ1) is 8.79. The summed E-state index contributed by atoms with van der Waals surface area (Å²) in [5, 5.41) is 3.31. The molecule has 19 heavy (non-hydrogen) atoms. The van der Waals surface area contributed by atoms with E-state index >= 15 is 0 Å². The Morgan fingerprint density at radius 2 is 2.00 bits per heavy atom. The maximum Gasteiger partial charge on any atom is 0.124 e. The molecule has 1 rings (SSSR count). The number of methoxy groups -OCH3 is 1. The van der Waals surface area contributed by atoms with Crippen molar-refractivity contribution in [1.82, 2.24) is 5.32 Å². The average molecular weight is 332 g/mol. The van der Waals surface area contributed by atoms with Gasteiger partial charge in [-0.2, -0.15) is 0 Å². The first kappa shape index (κ1) is 16.6. The molecule has 1 aromatic carbocycles. The van der Waals surface area contributed by atoms with Gasteiger partial charge in [-0.15, -0.1) is 0 Å². The smallest absolute Gasteiger partial charge is 0.124 e. The zero-order valence-corrected chi connectivity index (χ0v) is 13.8. The molecule has 1 aromatic rings. The van der Waals surface area contributed by atoms with Gasteiger partial charge in [-0.25, -0.2) is 4.39 Å². The highest BCUT2D eigenvalue weighted by molar-refractivity contribution is 9.10. The third-order valence-corrected chi connectivity index (χ3v) is 4.04. The molecule has 0 amide bonds. The first-order valence-corrected chi connectivity index (χ1v) is 7.23. The van der Waals surface area contributed by atoms with Crippen molar-refractivity contribution in [3.63, 3.8) is 0 Å². The zero-order chi connectivity index (χ0) is 14.6. The van der Waals surface area contributed by atoms with Crippen LogP contribution in [0, 0.1) is 11.2 Å². The summed E-state index contributed by atoms with van der Waals surface area (Å²) in [4.78, 5) is 0. The lowest BCUT2D eigenvalue weighted by Gasteiger charge is -2.36. The number of likely N-dealkylation sites (N-methyl/N-ethyl adjacent to an activating group) is 1. The summed E-state index contributed by atoms with van der Waals surface area (Å²) in [6, 6.07) is 4.98. The average Bonchev–Trinajstić information content (AvgIpc) is 2.30. The van der Waals surface area contributed by atoms with E-state index in [2.05, 4.69) is 42.0 Å². The van der Waals surface area contributed by atoms with Crippen molar-refractivity contribution in [3.05, 3.63) is 34.1 Å². The summed E-state index contributed by atoms with van der Waals surface area (Å²) in [5.74, 6) is -0.226. The Bertz CT molecular complexity index is 417. The monoisotopic (exact) mass is 331 g/mol. The molecular weight excluding hydrogens is 309 g/mol. The van der Waals surface area contributed by atoms with E-state index in [0.29, 0.717) is 0 Å². The molecule has 0 saturated heterocycles. The van der Waals surface area contributed by atoms with Crippen LogP contribution >= 0.6 is 15.9 Å². The predicted molar refractivity (Wildman–Crippen MR) is 80.9 cm³/mol. The van der Waals surface area contributed by atoms with E-state index in [4.69, 9.17) is 4.74 Å². The minimum atomic E-state index is -0.226. The summed E-state index contributed by atoms with van der Waals surface area (Å²) in [6.07, 6.45) is 0.863. The highest BCUT2D eigenvalue weighted by Gasteiger charge is 2.31. The Morgan fingerprint density at radius 1 is 1.37 bits per heavy atom. The summed E-state index contributed by atoms with van der Waals surface area (Å²) < 4.78 is 19.6. The quantitative estimate of drug-likeness (QED) is 0.886. The Balaban J connectivity index is 2.92. The Kier molecular flexibility index (Phi) is 5.96. The SMILES string of the molecule is CNC(Cc1ccc(F)cc1Br)C(OC)C(C)(C)C. The first-order valence-electron chi connectivity index (χ1n) is 6.43. The van der Waals surface area contributed by atoms with Crippen LogP contribution in [0.15, 0.2) is 22.7 Å². The minimum absolute atomic E-state index is 0.0366. The highest BCUT2D eigenvalue weighted by Crippen LogP contribution is 2.28. The Morgan fingerprint density at radius 3 is 2.42 bits per heavy atom. The predicted octanol–water partition coefficient (Wildman–Crippen LogP) is 3.78. The number of rotatable bonds is 5. The van der Waals surface area contributed by atoms with Crippen LogP contribution in [0.25, 0.3) is 0 Å². The zero-order valence-electron chi connectivity index (χ0n) is 12.3.